The normalized spacial score (nSPS) is 17.1. The zero-order valence-electron chi connectivity index (χ0n) is 15.6. The molecule has 0 saturated heterocycles. The number of hydrogen-bond donors (Lipinski definition) is 0. The molecule has 0 radical (unpaired) electrons. The van der Waals surface area contributed by atoms with Crippen LogP contribution in [0.4, 0.5) is 0 Å². The van der Waals surface area contributed by atoms with E-state index in [-0.39, 0.29) is 0 Å². The molecule has 0 saturated carbocycles. The fourth-order valence-corrected chi connectivity index (χ4v) is 3.21. The summed E-state index contributed by atoms with van der Waals surface area (Å²) in [6.07, 6.45) is 7.10. The molecule has 3 nitrogen and oxygen atoms in total. The Morgan fingerprint density at radius 2 is 1.58 bits per heavy atom. The van der Waals surface area contributed by atoms with Gasteiger partial charge in [0.15, 0.2) is 0 Å². The summed E-state index contributed by atoms with van der Waals surface area (Å²) in [4.78, 5) is 6.12. The summed E-state index contributed by atoms with van der Waals surface area (Å²) in [5.74, 6) is 0.929. The van der Waals surface area contributed by atoms with Gasteiger partial charge in [0, 0.05) is 0 Å². The van der Waals surface area contributed by atoms with Crippen molar-refractivity contribution in [3.63, 3.8) is 0 Å². The average Bonchev–Trinajstić information content (AvgIpc) is 3.05. The van der Waals surface area contributed by atoms with E-state index in [0.29, 0.717) is 19.3 Å². The summed E-state index contributed by atoms with van der Waals surface area (Å²) in [6.45, 7) is 4.17. The molecule has 0 fully saturated rings. The Bertz CT molecular complexity index is 669. The number of rotatable bonds is 10. The van der Waals surface area contributed by atoms with Gasteiger partial charge in [-0.25, -0.2) is 0 Å². The molecule has 1 heterocycles. The van der Waals surface area contributed by atoms with Gasteiger partial charge in [-0.1, -0.05) is 86.8 Å². The zero-order valence-corrected chi connectivity index (χ0v) is 15.6. The van der Waals surface area contributed by atoms with Crippen molar-refractivity contribution in [1.29, 1.82) is 0 Å². The first kappa shape index (κ1) is 18.7. The summed E-state index contributed by atoms with van der Waals surface area (Å²) < 4.78 is 5.86. The highest BCUT2D eigenvalue weighted by molar-refractivity contribution is 5.16. The fourth-order valence-electron chi connectivity index (χ4n) is 3.21. The largest absolute Gasteiger partial charge is 0.407 e. The Balaban J connectivity index is 1.54. The minimum atomic E-state index is 0.331. The van der Waals surface area contributed by atoms with Gasteiger partial charge in [0.25, 0.3) is 0 Å². The monoisotopic (exact) mass is 351 g/mol. The molecule has 1 aliphatic heterocycles. The molecule has 26 heavy (non-hydrogen) atoms. The minimum absolute atomic E-state index is 0.331. The van der Waals surface area contributed by atoms with Gasteiger partial charge >= 0.3 is 0 Å². The number of hydroxylamine groups is 2. The highest BCUT2D eigenvalue weighted by Crippen LogP contribution is 2.25. The summed E-state index contributed by atoms with van der Waals surface area (Å²) >= 11 is 0. The molecule has 0 bridgehead atoms. The van der Waals surface area contributed by atoms with Gasteiger partial charge in [-0.3, -0.25) is 0 Å². The first-order valence-corrected chi connectivity index (χ1v) is 9.66. The van der Waals surface area contributed by atoms with Crippen LogP contribution >= 0.6 is 0 Å². The van der Waals surface area contributed by atoms with Crippen molar-refractivity contribution in [2.45, 2.75) is 51.8 Å². The van der Waals surface area contributed by atoms with E-state index in [4.69, 9.17) is 9.57 Å². The summed E-state index contributed by atoms with van der Waals surface area (Å²) in [5.41, 5.74) is 2.46. The molecule has 3 rings (SSSR count). The van der Waals surface area contributed by atoms with E-state index in [0.717, 1.165) is 18.7 Å². The van der Waals surface area contributed by atoms with Crippen molar-refractivity contribution in [1.82, 2.24) is 5.06 Å². The van der Waals surface area contributed by atoms with Gasteiger partial charge < -0.3 is 9.57 Å². The van der Waals surface area contributed by atoms with Gasteiger partial charge in [-0.05, 0) is 23.6 Å². The minimum Gasteiger partial charge on any atom is -0.407 e. The average molecular weight is 351 g/mol. The molecule has 0 amide bonds. The second kappa shape index (κ2) is 10.1. The lowest BCUT2D eigenvalue weighted by Crippen LogP contribution is -2.28. The van der Waals surface area contributed by atoms with Crippen LogP contribution in [0.2, 0.25) is 0 Å². The van der Waals surface area contributed by atoms with Crippen molar-refractivity contribution >= 4 is 0 Å². The maximum absolute atomic E-state index is 6.12. The van der Waals surface area contributed by atoms with E-state index in [2.05, 4.69) is 54.5 Å². The fraction of sp³-hybridized carbons (Fsp3) is 0.391. The van der Waals surface area contributed by atoms with Crippen molar-refractivity contribution in [2.75, 3.05) is 6.61 Å². The van der Waals surface area contributed by atoms with Crippen LogP contribution in [0.3, 0.4) is 0 Å². The first-order valence-electron chi connectivity index (χ1n) is 9.66. The molecule has 2 aromatic rings. The number of unbranched alkanes of at least 4 members (excludes halogenated alkanes) is 2. The predicted molar refractivity (Wildman–Crippen MR) is 105 cm³/mol. The van der Waals surface area contributed by atoms with E-state index >= 15 is 0 Å². The molecule has 0 spiro atoms. The van der Waals surface area contributed by atoms with Gasteiger partial charge in [-0.15, -0.1) is 5.06 Å². The third kappa shape index (κ3) is 5.72. The van der Waals surface area contributed by atoms with E-state index < -0.39 is 0 Å². The van der Waals surface area contributed by atoms with Crippen molar-refractivity contribution in [3.8, 4) is 0 Å². The Morgan fingerprint density at radius 3 is 2.27 bits per heavy atom. The van der Waals surface area contributed by atoms with Crippen LogP contribution in [0, 0.1) is 0 Å². The van der Waals surface area contributed by atoms with E-state index in [1.165, 1.54) is 30.4 Å². The summed E-state index contributed by atoms with van der Waals surface area (Å²) in [7, 11) is 0. The third-order valence-electron chi connectivity index (χ3n) is 4.62. The number of hydrogen-bond acceptors (Lipinski definition) is 3. The van der Waals surface area contributed by atoms with Crippen LogP contribution in [-0.2, 0) is 22.7 Å². The molecular formula is C23H29NO2. The Kier molecular flexibility index (Phi) is 7.29. The van der Waals surface area contributed by atoms with Gasteiger partial charge in [0.1, 0.15) is 12.4 Å². The lowest BCUT2D eigenvalue weighted by atomic mass is 10.1. The quantitative estimate of drug-likeness (QED) is 0.529. The smallest absolute Gasteiger partial charge is 0.148 e. The maximum Gasteiger partial charge on any atom is 0.148 e. The van der Waals surface area contributed by atoms with Crippen molar-refractivity contribution < 1.29 is 9.57 Å². The summed E-state index contributed by atoms with van der Waals surface area (Å²) in [6, 6.07) is 21.1. The van der Waals surface area contributed by atoms with E-state index in [1.54, 1.807) is 0 Å². The molecule has 0 aliphatic carbocycles. The second-order valence-electron chi connectivity index (χ2n) is 6.83. The first-order chi connectivity index (χ1) is 12.8. The van der Waals surface area contributed by atoms with Crippen LogP contribution in [-0.4, -0.2) is 17.7 Å². The molecule has 1 unspecified atom stereocenters. The zero-order chi connectivity index (χ0) is 18.0. The van der Waals surface area contributed by atoms with Crippen molar-refractivity contribution in [3.05, 3.63) is 83.6 Å². The van der Waals surface area contributed by atoms with Gasteiger partial charge in [0.2, 0.25) is 0 Å². The lowest BCUT2D eigenvalue weighted by Gasteiger charge is -2.23. The summed E-state index contributed by atoms with van der Waals surface area (Å²) in [5, 5.41) is 2.10. The number of nitrogens with zero attached hydrogens (tertiary/aromatic N) is 1. The maximum atomic E-state index is 6.12. The van der Waals surface area contributed by atoms with Crippen LogP contribution in [0.5, 0.6) is 0 Å². The number of benzene rings is 2. The topological polar surface area (TPSA) is 21.7 Å². The van der Waals surface area contributed by atoms with Crippen LogP contribution in [0.25, 0.3) is 0 Å². The molecular weight excluding hydrogens is 322 g/mol. The lowest BCUT2D eigenvalue weighted by molar-refractivity contribution is -0.136. The van der Waals surface area contributed by atoms with E-state index in [1.807, 2.05) is 24.3 Å². The molecule has 2 aromatic carbocycles. The van der Waals surface area contributed by atoms with Crippen LogP contribution in [0.15, 0.2) is 72.5 Å². The predicted octanol–water partition coefficient (Wildman–Crippen LogP) is 5.48. The third-order valence-corrected chi connectivity index (χ3v) is 4.62. The second-order valence-corrected chi connectivity index (χ2v) is 6.83. The Morgan fingerprint density at radius 1 is 0.885 bits per heavy atom. The highest BCUT2D eigenvalue weighted by atomic mass is 16.7. The Labute approximate surface area is 157 Å². The highest BCUT2D eigenvalue weighted by Gasteiger charge is 2.26. The molecule has 138 valence electrons. The van der Waals surface area contributed by atoms with Gasteiger partial charge in [-0.2, -0.15) is 0 Å². The SMILES string of the molecule is CCCCCC1C=C(COCc2ccccc2)ON1Cc1ccccc1. The van der Waals surface area contributed by atoms with E-state index in [9.17, 15) is 0 Å². The molecule has 3 heteroatoms. The van der Waals surface area contributed by atoms with Crippen molar-refractivity contribution in [2.24, 2.45) is 0 Å². The molecule has 1 atom stereocenters. The molecule has 0 N–H and O–H groups in total. The standard InChI is InChI=1S/C23H29NO2/c1-2-3-6-15-22-16-23(19-25-18-21-13-9-5-10-14-21)26-24(22)17-20-11-7-4-8-12-20/h4-5,7-14,16,22H,2-3,6,15,17-19H2,1H3. The van der Waals surface area contributed by atoms with Gasteiger partial charge in [0.05, 0.1) is 19.2 Å². The Hall–Kier alpha value is -2.10. The number of ether oxygens (including phenoxy) is 1. The molecule has 1 aliphatic rings. The molecule has 0 aromatic heterocycles. The van der Waals surface area contributed by atoms with Crippen LogP contribution in [0.1, 0.15) is 43.7 Å². The van der Waals surface area contributed by atoms with Crippen LogP contribution < -0.4 is 0 Å².